The first-order chi connectivity index (χ1) is 17.9. The SMILES string of the molecule is CO[C@@H]1[C@@H](n2cc(-c3cc(F)c(F)c(F)c3)nn2)[C@H]2O[C@@H](c3ccccc3)OCC[C@H]2O[C@H]1C(=O)NN. The van der Waals surface area contributed by atoms with E-state index in [4.69, 9.17) is 24.8 Å². The molecule has 3 N–H and O–H groups in total. The topological polar surface area (TPSA) is 123 Å². The molecule has 6 atom stereocenters. The minimum Gasteiger partial charge on any atom is -0.376 e. The fraction of sp³-hybridized carbons (Fsp3) is 0.375. The second kappa shape index (κ2) is 10.6. The first kappa shape index (κ1) is 25.3. The number of hydrazine groups is 1. The lowest BCUT2D eigenvalue weighted by Crippen LogP contribution is -2.61. The summed E-state index contributed by atoms with van der Waals surface area (Å²) in [5.74, 6) is 0.464. The summed E-state index contributed by atoms with van der Waals surface area (Å²) in [4.78, 5) is 12.6. The van der Waals surface area contributed by atoms with Crippen molar-refractivity contribution in [1.82, 2.24) is 20.4 Å². The van der Waals surface area contributed by atoms with E-state index >= 15 is 0 Å². The number of carbonyl (C=O) groups is 1. The maximum Gasteiger partial charge on any atom is 0.265 e. The van der Waals surface area contributed by atoms with Crippen LogP contribution in [-0.2, 0) is 23.7 Å². The molecule has 37 heavy (non-hydrogen) atoms. The summed E-state index contributed by atoms with van der Waals surface area (Å²) in [6, 6.07) is 10.1. The van der Waals surface area contributed by atoms with E-state index in [0.29, 0.717) is 6.42 Å². The Hall–Kier alpha value is -3.36. The van der Waals surface area contributed by atoms with Crippen molar-refractivity contribution in [3.8, 4) is 11.3 Å². The first-order valence-electron chi connectivity index (χ1n) is 11.5. The van der Waals surface area contributed by atoms with E-state index in [9.17, 15) is 18.0 Å². The molecule has 0 unspecified atom stereocenters. The lowest BCUT2D eigenvalue weighted by molar-refractivity contribution is -0.242. The molecule has 196 valence electrons. The lowest BCUT2D eigenvalue weighted by atomic mass is 9.90. The van der Waals surface area contributed by atoms with Crippen molar-refractivity contribution in [2.75, 3.05) is 13.7 Å². The fourth-order valence-corrected chi connectivity index (χ4v) is 4.70. The Balaban J connectivity index is 1.55. The van der Waals surface area contributed by atoms with Crippen LogP contribution in [0.25, 0.3) is 11.3 Å². The van der Waals surface area contributed by atoms with Crippen molar-refractivity contribution in [3.63, 3.8) is 0 Å². The van der Waals surface area contributed by atoms with Gasteiger partial charge in [0.1, 0.15) is 23.9 Å². The Kier molecular flexibility index (Phi) is 7.22. The predicted molar refractivity (Wildman–Crippen MR) is 121 cm³/mol. The number of amides is 1. The smallest absolute Gasteiger partial charge is 0.265 e. The van der Waals surface area contributed by atoms with E-state index in [2.05, 4.69) is 15.7 Å². The molecule has 2 aliphatic heterocycles. The Morgan fingerprint density at radius 3 is 2.57 bits per heavy atom. The Bertz CT molecular complexity index is 1240. The van der Waals surface area contributed by atoms with Crippen LogP contribution in [0.15, 0.2) is 48.7 Å². The van der Waals surface area contributed by atoms with Gasteiger partial charge in [0.05, 0.1) is 18.9 Å². The molecule has 0 spiro atoms. The number of hydrogen-bond acceptors (Lipinski definition) is 8. The van der Waals surface area contributed by atoms with E-state index in [1.807, 2.05) is 30.3 Å². The molecule has 0 radical (unpaired) electrons. The molecular weight excluding hydrogens is 495 g/mol. The zero-order valence-corrected chi connectivity index (χ0v) is 19.6. The van der Waals surface area contributed by atoms with Crippen molar-refractivity contribution in [2.45, 2.75) is 43.2 Å². The van der Waals surface area contributed by atoms with Gasteiger partial charge in [-0.05, 0) is 18.6 Å². The van der Waals surface area contributed by atoms with Gasteiger partial charge in [-0.25, -0.2) is 23.7 Å². The van der Waals surface area contributed by atoms with Gasteiger partial charge in [-0.1, -0.05) is 35.5 Å². The second-order valence-corrected chi connectivity index (χ2v) is 8.64. The molecule has 0 saturated carbocycles. The highest BCUT2D eigenvalue weighted by Gasteiger charge is 2.52. The van der Waals surface area contributed by atoms with Crippen LogP contribution < -0.4 is 11.3 Å². The highest BCUT2D eigenvalue weighted by Crippen LogP contribution is 2.40. The average molecular weight is 519 g/mol. The Morgan fingerprint density at radius 1 is 1.16 bits per heavy atom. The number of methoxy groups -OCH3 is 1. The molecule has 3 heterocycles. The van der Waals surface area contributed by atoms with Gasteiger partial charge >= 0.3 is 0 Å². The zero-order valence-electron chi connectivity index (χ0n) is 19.6. The molecule has 10 nitrogen and oxygen atoms in total. The van der Waals surface area contributed by atoms with Crippen molar-refractivity contribution in [2.24, 2.45) is 5.84 Å². The van der Waals surface area contributed by atoms with E-state index in [-0.39, 0.29) is 17.9 Å². The van der Waals surface area contributed by atoms with Crippen molar-refractivity contribution in [3.05, 3.63) is 71.7 Å². The first-order valence-corrected chi connectivity index (χ1v) is 11.5. The predicted octanol–water partition coefficient (Wildman–Crippen LogP) is 2.18. The molecule has 1 amide bonds. The van der Waals surface area contributed by atoms with Gasteiger partial charge in [0.15, 0.2) is 29.8 Å². The van der Waals surface area contributed by atoms with Gasteiger partial charge in [-0.3, -0.25) is 10.2 Å². The summed E-state index contributed by atoms with van der Waals surface area (Å²) in [7, 11) is 1.39. The quantitative estimate of drug-likeness (QED) is 0.228. The maximum atomic E-state index is 13.9. The minimum absolute atomic E-state index is 0.0243. The third-order valence-corrected chi connectivity index (χ3v) is 6.45. The van der Waals surface area contributed by atoms with Crippen LogP contribution in [0.5, 0.6) is 0 Å². The minimum atomic E-state index is -1.59. The van der Waals surface area contributed by atoms with Gasteiger partial charge in [0.25, 0.3) is 5.91 Å². The average Bonchev–Trinajstić information content (AvgIpc) is 3.30. The number of nitrogens with two attached hydrogens (primary N) is 1. The van der Waals surface area contributed by atoms with Crippen LogP contribution in [0, 0.1) is 17.5 Å². The van der Waals surface area contributed by atoms with Crippen LogP contribution in [0.4, 0.5) is 13.2 Å². The summed E-state index contributed by atoms with van der Waals surface area (Å²) >= 11 is 0. The monoisotopic (exact) mass is 519 g/mol. The van der Waals surface area contributed by atoms with Crippen molar-refractivity contribution in [1.29, 1.82) is 0 Å². The largest absolute Gasteiger partial charge is 0.376 e. The number of aromatic nitrogens is 3. The number of hydrogen-bond donors (Lipinski definition) is 2. The van der Waals surface area contributed by atoms with Crippen LogP contribution >= 0.6 is 0 Å². The molecular formula is C24H24F3N5O5. The summed E-state index contributed by atoms with van der Waals surface area (Å²) in [6.45, 7) is 0.277. The third-order valence-electron chi connectivity index (χ3n) is 6.45. The van der Waals surface area contributed by atoms with Gasteiger partial charge < -0.3 is 18.9 Å². The number of benzene rings is 2. The fourth-order valence-electron chi connectivity index (χ4n) is 4.70. The molecule has 2 aromatic carbocycles. The van der Waals surface area contributed by atoms with E-state index in [0.717, 1.165) is 17.7 Å². The third kappa shape index (κ3) is 4.83. The normalized spacial score (nSPS) is 27.8. The number of fused-ring (bicyclic) bond motifs is 1. The number of nitrogens with zero attached hydrogens (tertiary/aromatic N) is 3. The van der Waals surface area contributed by atoms with Crippen LogP contribution in [0.1, 0.15) is 24.3 Å². The van der Waals surface area contributed by atoms with E-state index in [1.54, 1.807) is 0 Å². The Morgan fingerprint density at radius 2 is 1.89 bits per heavy atom. The van der Waals surface area contributed by atoms with E-state index in [1.165, 1.54) is 18.0 Å². The molecule has 2 fully saturated rings. The zero-order chi connectivity index (χ0) is 26.1. The number of nitrogens with one attached hydrogen (secondary N) is 1. The van der Waals surface area contributed by atoms with Crippen LogP contribution in [-0.4, -0.2) is 59.0 Å². The van der Waals surface area contributed by atoms with Gasteiger partial charge in [-0.15, -0.1) is 5.10 Å². The van der Waals surface area contributed by atoms with Gasteiger partial charge in [-0.2, -0.15) is 0 Å². The van der Waals surface area contributed by atoms with Gasteiger partial charge in [0.2, 0.25) is 0 Å². The summed E-state index contributed by atoms with van der Waals surface area (Å²) in [5.41, 5.74) is 2.90. The molecule has 2 saturated heterocycles. The summed E-state index contributed by atoms with van der Waals surface area (Å²) in [5, 5.41) is 8.16. The van der Waals surface area contributed by atoms with Crippen molar-refractivity contribution < 1.29 is 36.9 Å². The van der Waals surface area contributed by atoms with Crippen molar-refractivity contribution >= 4 is 5.91 Å². The maximum absolute atomic E-state index is 13.9. The summed E-state index contributed by atoms with van der Waals surface area (Å²) < 4.78 is 66.6. The van der Waals surface area contributed by atoms with Crippen LogP contribution in [0.2, 0.25) is 0 Å². The lowest BCUT2D eigenvalue weighted by Gasteiger charge is -2.44. The second-order valence-electron chi connectivity index (χ2n) is 8.64. The molecule has 5 rings (SSSR count). The Labute approximate surface area is 209 Å². The number of ether oxygens (including phenoxy) is 4. The van der Waals surface area contributed by atoms with Gasteiger partial charge in [0, 0.05) is 18.2 Å². The van der Waals surface area contributed by atoms with E-state index < -0.39 is 60.1 Å². The molecule has 0 aliphatic carbocycles. The number of carbonyl (C=O) groups excluding carboxylic acids is 1. The summed E-state index contributed by atoms with van der Waals surface area (Å²) in [6.07, 6.45) is -2.40. The standard InChI is InChI=1S/C24H24F3N5O5/c1-34-21-19(32-11-16(30-31-32)13-9-14(25)18(27)15(26)10-13)20-17(36-22(21)23(33)29-28)7-8-35-24(37-20)12-5-3-2-4-6-12/h2-6,9-11,17,19-22,24H,7-8,28H2,1H3,(H,29,33)/t17-,19+,20+,21-,22-,24+/m1/s1. The number of halogens is 3. The highest BCUT2D eigenvalue weighted by molar-refractivity contribution is 5.81. The molecule has 13 heteroatoms. The molecule has 0 bridgehead atoms. The molecule has 2 aliphatic rings. The van der Waals surface area contributed by atoms with Crippen LogP contribution in [0.3, 0.4) is 0 Å². The molecule has 1 aromatic heterocycles. The number of rotatable bonds is 5. The highest BCUT2D eigenvalue weighted by atomic mass is 19.2. The molecule has 3 aromatic rings.